The van der Waals surface area contributed by atoms with E-state index in [4.69, 9.17) is 5.73 Å². The Hall–Kier alpha value is -1.85. The van der Waals surface area contributed by atoms with Gasteiger partial charge in [0.1, 0.15) is 5.52 Å². The summed E-state index contributed by atoms with van der Waals surface area (Å²) in [6, 6.07) is 0. The van der Waals surface area contributed by atoms with E-state index in [1.165, 1.54) is 0 Å². The fourth-order valence-electron chi connectivity index (χ4n) is 2.21. The molecular weight excluding hydrogens is 264 g/mol. The van der Waals surface area contributed by atoms with Crippen LogP contribution in [0.4, 0.5) is 11.8 Å². The first-order chi connectivity index (χ1) is 9.97. The number of imidazole rings is 1. The van der Waals surface area contributed by atoms with Gasteiger partial charge in [0.05, 0.1) is 6.33 Å². The van der Waals surface area contributed by atoms with E-state index < -0.39 is 0 Å². The van der Waals surface area contributed by atoms with Crippen molar-refractivity contribution in [2.24, 2.45) is 11.8 Å². The van der Waals surface area contributed by atoms with Gasteiger partial charge in [0, 0.05) is 13.1 Å². The van der Waals surface area contributed by atoms with Crippen molar-refractivity contribution in [2.45, 2.75) is 40.5 Å². The smallest absolute Gasteiger partial charge is 0.224 e. The van der Waals surface area contributed by atoms with Crippen LogP contribution >= 0.6 is 0 Å². The molecule has 0 spiro atoms. The van der Waals surface area contributed by atoms with Crippen LogP contribution < -0.4 is 10.6 Å². The predicted molar refractivity (Wildman–Crippen MR) is 87.2 cm³/mol. The summed E-state index contributed by atoms with van der Waals surface area (Å²) in [4.78, 5) is 18.3. The number of H-pyrrole nitrogens is 1. The molecule has 0 saturated heterocycles. The van der Waals surface area contributed by atoms with Gasteiger partial charge >= 0.3 is 0 Å². The number of aromatic nitrogens is 4. The minimum Gasteiger partial charge on any atom is -0.368 e. The molecule has 0 fully saturated rings. The molecule has 21 heavy (non-hydrogen) atoms. The van der Waals surface area contributed by atoms with E-state index in [9.17, 15) is 0 Å². The summed E-state index contributed by atoms with van der Waals surface area (Å²) in [7, 11) is 0. The van der Waals surface area contributed by atoms with Gasteiger partial charge in [-0.2, -0.15) is 9.97 Å². The molecule has 2 heterocycles. The van der Waals surface area contributed by atoms with Crippen molar-refractivity contribution in [3.05, 3.63) is 6.33 Å². The third-order valence-electron chi connectivity index (χ3n) is 3.54. The van der Waals surface area contributed by atoms with Crippen molar-refractivity contribution in [1.29, 1.82) is 0 Å². The van der Waals surface area contributed by atoms with Gasteiger partial charge in [0.25, 0.3) is 0 Å². The van der Waals surface area contributed by atoms with Crippen LogP contribution in [0.25, 0.3) is 11.2 Å². The third-order valence-corrected chi connectivity index (χ3v) is 3.54. The quantitative estimate of drug-likeness (QED) is 0.819. The lowest BCUT2D eigenvalue weighted by atomic mass is 10.1. The molecule has 0 saturated carbocycles. The highest BCUT2D eigenvalue weighted by molar-refractivity contribution is 5.84. The SMILES string of the molecule is CC(C)CCN(CCC(C)C)c1nc(N)nc2nc[nH]c12. The Kier molecular flexibility index (Phi) is 4.98. The van der Waals surface area contributed by atoms with E-state index >= 15 is 0 Å². The molecule has 2 rings (SSSR count). The number of nitrogens with one attached hydrogen (secondary N) is 1. The van der Waals surface area contributed by atoms with E-state index in [2.05, 4.69) is 52.5 Å². The summed E-state index contributed by atoms with van der Waals surface area (Å²) in [5.74, 6) is 2.46. The summed E-state index contributed by atoms with van der Waals surface area (Å²) >= 11 is 0. The number of nitrogens with zero attached hydrogens (tertiary/aromatic N) is 4. The number of nitrogen functional groups attached to an aromatic ring is 1. The van der Waals surface area contributed by atoms with Crippen LogP contribution in [-0.4, -0.2) is 33.0 Å². The van der Waals surface area contributed by atoms with Crippen LogP contribution in [0.5, 0.6) is 0 Å². The lowest BCUT2D eigenvalue weighted by Gasteiger charge is -2.25. The lowest BCUT2D eigenvalue weighted by molar-refractivity contribution is 0.533. The standard InChI is InChI=1S/C15H26N6/c1-10(2)5-7-21(8-6-11(3)4)14-12-13(18-9-17-12)19-15(16)20-14/h9-11H,5-8H2,1-4H3,(H3,16,17,18,19,20). The van der Waals surface area contributed by atoms with Gasteiger partial charge in [-0.3, -0.25) is 0 Å². The van der Waals surface area contributed by atoms with E-state index in [-0.39, 0.29) is 5.95 Å². The zero-order valence-electron chi connectivity index (χ0n) is 13.4. The Balaban J connectivity index is 2.29. The molecule has 0 aliphatic carbocycles. The highest BCUT2D eigenvalue weighted by Crippen LogP contribution is 2.23. The monoisotopic (exact) mass is 290 g/mol. The van der Waals surface area contributed by atoms with Crippen LogP contribution in [0.1, 0.15) is 40.5 Å². The second-order valence-electron chi connectivity index (χ2n) is 6.36. The zero-order chi connectivity index (χ0) is 15.4. The van der Waals surface area contributed by atoms with E-state index in [0.29, 0.717) is 17.5 Å². The normalized spacial score (nSPS) is 11.7. The van der Waals surface area contributed by atoms with Crippen LogP contribution in [0.2, 0.25) is 0 Å². The molecule has 0 unspecified atom stereocenters. The Bertz CT molecular complexity index is 563. The third kappa shape index (κ3) is 4.06. The number of nitrogens with two attached hydrogens (primary N) is 1. The van der Waals surface area contributed by atoms with E-state index in [0.717, 1.165) is 37.3 Å². The fourth-order valence-corrected chi connectivity index (χ4v) is 2.21. The number of hydrogen-bond donors (Lipinski definition) is 2. The summed E-state index contributed by atoms with van der Waals surface area (Å²) in [5, 5.41) is 0. The first kappa shape index (κ1) is 15.5. The maximum Gasteiger partial charge on any atom is 0.224 e. The van der Waals surface area contributed by atoms with Gasteiger partial charge < -0.3 is 15.6 Å². The minimum atomic E-state index is 0.281. The van der Waals surface area contributed by atoms with Gasteiger partial charge in [-0.25, -0.2) is 4.98 Å². The topological polar surface area (TPSA) is 83.7 Å². The molecule has 0 bridgehead atoms. The molecule has 0 atom stereocenters. The van der Waals surface area contributed by atoms with Crippen LogP contribution in [0, 0.1) is 11.8 Å². The first-order valence-corrected chi connectivity index (χ1v) is 7.69. The molecule has 0 amide bonds. The zero-order valence-corrected chi connectivity index (χ0v) is 13.4. The number of rotatable bonds is 7. The van der Waals surface area contributed by atoms with Crippen molar-refractivity contribution in [2.75, 3.05) is 23.7 Å². The van der Waals surface area contributed by atoms with Crippen LogP contribution in [0.15, 0.2) is 6.33 Å². The van der Waals surface area contributed by atoms with Gasteiger partial charge in [0.2, 0.25) is 5.95 Å². The first-order valence-electron chi connectivity index (χ1n) is 7.69. The average Bonchev–Trinajstić information content (AvgIpc) is 2.85. The Labute approximate surface area is 126 Å². The second-order valence-corrected chi connectivity index (χ2v) is 6.36. The van der Waals surface area contributed by atoms with Crippen molar-refractivity contribution >= 4 is 22.9 Å². The van der Waals surface area contributed by atoms with Crippen molar-refractivity contribution < 1.29 is 0 Å². The van der Waals surface area contributed by atoms with Gasteiger partial charge in [-0.05, 0) is 24.7 Å². The molecule has 0 radical (unpaired) electrons. The summed E-state index contributed by atoms with van der Waals surface area (Å²) in [6.45, 7) is 10.9. The fraction of sp³-hybridized carbons (Fsp3) is 0.667. The molecule has 2 aromatic heterocycles. The Morgan fingerprint density at radius 1 is 1.10 bits per heavy atom. The predicted octanol–water partition coefficient (Wildman–Crippen LogP) is 2.83. The molecule has 0 aromatic carbocycles. The molecule has 6 heteroatoms. The Morgan fingerprint density at radius 2 is 1.71 bits per heavy atom. The number of fused-ring (bicyclic) bond motifs is 1. The summed E-state index contributed by atoms with van der Waals surface area (Å²) in [6.07, 6.45) is 3.89. The Morgan fingerprint density at radius 3 is 2.29 bits per heavy atom. The van der Waals surface area contributed by atoms with Gasteiger partial charge in [-0.15, -0.1) is 0 Å². The average molecular weight is 290 g/mol. The summed E-state index contributed by atoms with van der Waals surface area (Å²) < 4.78 is 0. The number of aromatic amines is 1. The maximum absolute atomic E-state index is 5.83. The number of hydrogen-bond acceptors (Lipinski definition) is 5. The summed E-state index contributed by atoms with van der Waals surface area (Å²) in [5.41, 5.74) is 7.34. The van der Waals surface area contributed by atoms with Crippen molar-refractivity contribution in [1.82, 2.24) is 19.9 Å². The van der Waals surface area contributed by atoms with Crippen LogP contribution in [-0.2, 0) is 0 Å². The molecule has 3 N–H and O–H groups in total. The minimum absolute atomic E-state index is 0.281. The molecule has 0 aliphatic heterocycles. The maximum atomic E-state index is 5.83. The molecule has 0 aliphatic rings. The van der Waals surface area contributed by atoms with Gasteiger partial charge in [-0.1, -0.05) is 27.7 Å². The van der Waals surface area contributed by atoms with Crippen LogP contribution in [0.3, 0.4) is 0 Å². The van der Waals surface area contributed by atoms with Crippen molar-refractivity contribution in [3.63, 3.8) is 0 Å². The molecular formula is C15H26N6. The lowest BCUT2D eigenvalue weighted by Crippen LogP contribution is -2.29. The largest absolute Gasteiger partial charge is 0.368 e. The highest BCUT2D eigenvalue weighted by atomic mass is 15.2. The van der Waals surface area contributed by atoms with E-state index in [1.54, 1.807) is 6.33 Å². The number of anilines is 2. The molecule has 116 valence electrons. The molecule has 2 aromatic rings. The van der Waals surface area contributed by atoms with E-state index in [1.807, 2.05) is 0 Å². The highest BCUT2D eigenvalue weighted by Gasteiger charge is 2.16. The van der Waals surface area contributed by atoms with Crippen molar-refractivity contribution in [3.8, 4) is 0 Å². The second kappa shape index (κ2) is 6.74. The molecule has 6 nitrogen and oxygen atoms in total. The van der Waals surface area contributed by atoms with Gasteiger partial charge in [0.15, 0.2) is 11.5 Å².